The van der Waals surface area contributed by atoms with Crippen LogP contribution in [0, 0.1) is 12.3 Å². The van der Waals surface area contributed by atoms with Gasteiger partial charge in [0, 0.05) is 4.47 Å². The highest BCUT2D eigenvalue weighted by Crippen LogP contribution is 2.23. The zero-order valence-electron chi connectivity index (χ0n) is 10.9. The highest BCUT2D eigenvalue weighted by molar-refractivity contribution is 9.10. The van der Waals surface area contributed by atoms with Crippen molar-refractivity contribution in [2.75, 3.05) is 11.9 Å². The Labute approximate surface area is 112 Å². The van der Waals surface area contributed by atoms with Gasteiger partial charge in [0.2, 0.25) is 0 Å². The minimum absolute atomic E-state index is 0.0445. The molecular formula is C13H21BrN2O. The molecule has 0 saturated heterocycles. The molecule has 0 aromatic carbocycles. The smallest absolute Gasteiger partial charge is 0.126 e. The summed E-state index contributed by atoms with van der Waals surface area (Å²) >= 11 is 3.42. The van der Waals surface area contributed by atoms with E-state index in [1.807, 2.05) is 19.1 Å². The van der Waals surface area contributed by atoms with Crippen LogP contribution < -0.4 is 5.32 Å². The molecule has 4 heteroatoms. The van der Waals surface area contributed by atoms with Crippen LogP contribution in [0.5, 0.6) is 0 Å². The maximum Gasteiger partial charge on any atom is 0.126 e. The van der Waals surface area contributed by atoms with Crippen LogP contribution in [0.1, 0.15) is 32.9 Å². The normalized spacial score (nSPS) is 13.5. The number of halogens is 1. The van der Waals surface area contributed by atoms with Gasteiger partial charge in [0.1, 0.15) is 5.82 Å². The first-order valence-corrected chi connectivity index (χ1v) is 6.61. The van der Waals surface area contributed by atoms with Crippen LogP contribution in [-0.4, -0.2) is 22.7 Å². The van der Waals surface area contributed by atoms with Crippen molar-refractivity contribution in [1.82, 2.24) is 4.98 Å². The van der Waals surface area contributed by atoms with Crippen molar-refractivity contribution < 1.29 is 5.11 Å². The molecule has 3 nitrogen and oxygen atoms in total. The predicted molar refractivity (Wildman–Crippen MR) is 75.2 cm³/mol. The van der Waals surface area contributed by atoms with Crippen molar-refractivity contribution in [2.24, 2.45) is 5.41 Å². The molecule has 0 aliphatic rings. The number of pyridine rings is 1. The molecule has 0 aliphatic heterocycles. The Bertz CT molecular complexity index is 374. The van der Waals surface area contributed by atoms with Crippen LogP contribution in [0.25, 0.3) is 0 Å². The third kappa shape index (κ3) is 5.04. The second-order valence-electron chi connectivity index (χ2n) is 5.55. The van der Waals surface area contributed by atoms with Crippen LogP contribution in [0.4, 0.5) is 5.82 Å². The molecule has 0 fully saturated rings. The number of anilines is 1. The van der Waals surface area contributed by atoms with E-state index >= 15 is 0 Å². The summed E-state index contributed by atoms with van der Waals surface area (Å²) in [5.74, 6) is 0.814. The van der Waals surface area contributed by atoms with Crippen LogP contribution in [-0.2, 0) is 0 Å². The summed E-state index contributed by atoms with van der Waals surface area (Å²) in [4.78, 5) is 4.42. The number of aryl methyl sites for hydroxylation is 1. The topological polar surface area (TPSA) is 45.2 Å². The minimum Gasteiger partial charge on any atom is -0.394 e. The summed E-state index contributed by atoms with van der Waals surface area (Å²) in [5, 5.41) is 12.6. The summed E-state index contributed by atoms with van der Waals surface area (Å²) in [6.07, 6.45) is 0.903. The molecule has 0 aliphatic carbocycles. The zero-order valence-corrected chi connectivity index (χ0v) is 12.5. The van der Waals surface area contributed by atoms with E-state index in [9.17, 15) is 5.11 Å². The highest BCUT2D eigenvalue weighted by Gasteiger charge is 2.18. The summed E-state index contributed by atoms with van der Waals surface area (Å²) in [6.45, 7) is 8.56. The Kier molecular flexibility index (Phi) is 4.95. The van der Waals surface area contributed by atoms with E-state index < -0.39 is 0 Å². The average molecular weight is 301 g/mol. The second kappa shape index (κ2) is 5.83. The van der Waals surface area contributed by atoms with Crippen molar-refractivity contribution in [2.45, 2.75) is 40.2 Å². The van der Waals surface area contributed by atoms with Crippen molar-refractivity contribution in [3.05, 3.63) is 22.3 Å². The van der Waals surface area contributed by atoms with Crippen molar-refractivity contribution >= 4 is 21.7 Å². The second-order valence-corrected chi connectivity index (χ2v) is 6.41. The first-order valence-electron chi connectivity index (χ1n) is 5.82. The number of rotatable bonds is 4. The number of nitrogens with zero attached hydrogens (tertiary/aromatic N) is 1. The molecule has 0 radical (unpaired) electrons. The molecule has 0 amide bonds. The predicted octanol–water partition coefficient (Wildman–Crippen LogP) is 3.36. The third-order valence-electron chi connectivity index (χ3n) is 2.45. The van der Waals surface area contributed by atoms with E-state index in [0.717, 1.165) is 22.4 Å². The first-order chi connectivity index (χ1) is 7.81. The Morgan fingerprint density at radius 2 is 2.06 bits per heavy atom. The molecule has 1 heterocycles. The molecule has 1 atom stereocenters. The largest absolute Gasteiger partial charge is 0.394 e. The van der Waals surface area contributed by atoms with Gasteiger partial charge >= 0.3 is 0 Å². The molecule has 0 spiro atoms. The van der Waals surface area contributed by atoms with Gasteiger partial charge in [0.15, 0.2) is 0 Å². The van der Waals surface area contributed by atoms with E-state index in [4.69, 9.17) is 0 Å². The number of aliphatic hydroxyl groups excluding tert-OH is 1. The molecule has 2 N–H and O–H groups in total. The van der Waals surface area contributed by atoms with Gasteiger partial charge in [-0.15, -0.1) is 0 Å². The summed E-state index contributed by atoms with van der Waals surface area (Å²) in [5.41, 5.74) is 1.13. The molecule has 1 aromatic heterocycles. The number of aromatic nitrogens is 1. The molecule has 0 saturated carbocycles. The first kappa shape index (κ1) is 14.5. The van der Waals surface area contributed by atoms with E-state index in [1.165, 1.54) is 0 Å². The zero-order chi connectivity index (χ0) is 13.1. The van der Waals surface area contributed by atoms with Crippen molar-refractivity contribution in [1.29, 1.82) is 0 Å². The Hall–Kier alpha value is -0.610. The lowest BCUT2D eigenvalue weighted by Gasteiger charge is -2.25. The van der Waals surface area contributed by atoms with Gasteiger partial charge in [-0.25, -0.2) is 4.98 Å². The van der Waals surface area contributed by atoms with Gasteiger partial charge in [-0.1, -0.05) is 20.8 Å². The molecule has 96 valence electrons. The number of aliphatic hydroxyl groups is 1. The fourth-order valence-electron chi connectivity index (χ4n) is 1.73. The van der Waals surface area contributed by atoms with Gasteiger partial charge in [0.05, 0.1) is 18.3 Å². The molecule has 17 heavy (non-hydrogen) atoms. The van der Waals surface area contributed by atoms with E-state index in [-0.39, 0.29) is 18.1 Å². The standard InChI is InChI=1S/C13H21BrN2O/c1-9-11(14)5-6-12(15-9)16-10(8-17)7-13(2,3)4/h5-6,10,17H,7-8H2,1-4H3,(H,15,16). The summed E-state index contributed by atoms with van der Waals surface area (Å²) in [6, 6.07) is 3.93. The van der Waals surface area contributed by atoms with Gasteiger partial charge in [-0.3, -0.25) is 0 Å². The van der Waals surface area contributed by atoms with Crippen LogP contribution in [0.2, 0.25) is 0 Å². The van der Waals surface area contributed by atoms with E-state index in [2.05, 4.69) is 47.0 Å². The maximum atomic E-state index is 9.38. The lowest BCUT2D eigenvalue weighted by molar-refractivity contribution is 0.233. The van der Waals surface area contributed by atoms with Crippen LogP contribution in [0.3, 0.4) is 0 Å². The molecule has 1 aromatic rings. The summed E-state index contributed by atoms with van der Waals surface area (Å²) in [7, 11) is 0. The van der Waals surface area contributed by atoms with Crippen LogP contribution in [0.15, 0.2) is 16.6 Å². The number of hydrogen-bond acceptors (Lipinski definition) is 3. The maximum absolute atomic E-state index is 9.38. The minimum atomic E-state index is 0.0445. The molecule has 1 unspecified atom stereocenters. The van der Waals surface area contributed by atoms with E-state index in [0.29, 0.717) is 0 Å². The van der Waals surface area contributed by atoms with E-state index in [1.54, 1.807) is 0 Å². The highest BCUT2D eigenvalue weighted by atomic mass is 79.9. The average Bonchev–Trinajstić information content (AvgIpc) is 2.20. The van der Waals surface area contributed by atoms with Crippen LogP contribution >= 0.6 is 15.9 Å². The van der Waals surface area contributed by atoms with Gasteiger partial charge in [-0.2, -0.15) is 0 Å². The van der Waals surface area contributed by atoms with Gasteiger partial charge in [-0.05, 0) is 46.8 Å². The SMILES string of the molecule is Cc1nc(NC(CO)CC(C)(C)C)ccc1Br. The number of hydrogen-bond donors (Lipinski definition) is 2. The quantitative estimate of drug-likeness (QED) is 0.896. The lowest BCUT2D eigenvalue weighted by Crippen LogP contribution is -2.29. The molecule has 1 rings (SSSR count). The van der Waals surface area contributed by atoms with Crippen molar-refractivity contribution in [3.63, 3.8) is 0 Å². The lowest BCUT2D eigenvalue weighted by atomic mass is 9.88. The molecule has 0 bridgehead atoms. The van der Waals surface area contributed by atoms with Gasteiger partial charge < -0.3 is 10.4 Å². The Morgan fingerprint density at radius 1 is 1.41 bits per heavy atom. The van der Waals surface area contributed by atoms with Gasteiger partial charge in [0.25, 0.3) is 0 Å². The number of nitrogens with one attached hydrogen (secondary N) is 1. The Morgan fingerprint density at radius 3 is 2.53 bits per heavy atom. The monoisotopic (exact) mass is 300 g/mol. The molecular weight excluding hydrogens is 280 g/mol. The summed E-state index contributed by atoms with van der Waals surface area (Å²) < 4.78 is 0.999. The fraction of sp³-hybridized carbons (Fsp3) is 0.615. The Balaban J connectivity index is 2.70. The fourth-order valence-corrected chi connectivity index (χ4v) is 1.95. The van der Waals surface area contributed by atoms with Crippen molar-refractivity contribution in [3.8, 4) is 0 Å². The third-order valence-corrected chi connectivity index (χ3v) is 3.29.